The molecule has 2 aliphatic rings. The van der Waals surface area contributed by atoms with E-state index in [4.69, 9.17) is 0 Å². The summed E-state index contributed by atoms with van der Waals surface area (Å²) in [5.41, 5.74) is 0. The number of piperidine rings is 1. The van der Waals surface area contributed by atoms with Crippen molar-refractivity contribution in [1.82, 2.24) is 4.90 Å². The van der Waals surface area contributed by atoms with Crippen molar-refractivity contribution in [2.75, 3.05) is 12.3 Å². The fourth-order valence-electron chi connectivity index (χ4n) is 3.26. The highest BCUT2D eigenvalue weighted by molar-refractivity contribution is 7.92. The summed E-state index contributed by atoms with van der Waals surface area (Å²) in [6.45, 7) is 2.85. The van der Waals surface area contributed by atoms with Gasteiger partial charge in [-0.05, 0) is 39.0 Å². The van der Waals surface area contributed by atoms with E-state index >= 15 is 0 Å². The molecule has 1 saturated heterocycles. The highest BCUT2D eigenvalue weighted by Gasteiger charge is 2.30. The first-order valence-corrected chi connectivity index (χ1v) is 9.23. The van der Waals surface area contributed by atoms with Crippen molar-refractivity contribution in [2.45, 2.75) is 69.6 Å². The van der Waals surface area contributed by atoms with Crippen molar-refractivity contribution in [3.63, 3.8) is 0 Å². The first-order chi connectivity index (χ1) is 9.00. The van der Waals surface area contributed by atoms with Crippen LogP contribution >= 0.6 is 0 Å². The average molecular weight is 287 g/mol. The van der Waals surface area contributed by atoms with Gasteiger partial charge in [0.25, 0.3) is 0 Å². The van der Waals surface area contributed by atoms with Gasteiger partial charge in [0.1, 0.15) is 0 Å². The summed E-state index contributed by atoms with van der Waals surface area (Å²) in [5.74, 6) is 0.0634. The number of sulfone groups is 1. The summed E-state index contributed by atoms with van der Waals surface area (Å²) in [7, 11) is -3.06. The van der Waals surface area contributed by atoms with Crippen LogP contribution in [-0.2, 0) is 14.6 Å². The molecule has 1 heterocycles. The van der Waals surface area contributed by atoms with Gasteiger partial charge in [0.2, 0.25) is 5.91 Å². The molecule has 1 atom stereocenters. The second-order valence-corrected chi connectivity index (χ2v) is 8.36. The Kier molecular flexibility index (Phi) is 4.87. The largest absolute Gasteiger partial charge is 0.340 e. The molecule has 1 aliphatic heterocycles. The smallest absolute Gasteiger partial charge is 0.223 e. The third-order valence-corrected chi connectivity index (χ3v) is 6.79. The molecular formula is C14H25NO3S. The van der Waals surface area contributed by atoms with E-state index in [-0.39, 0.29) is 29.4 Å². The van der Waals surface area contributed by atoms with E-state index in [2.05, 4.69) is 6.92 Å². The molecule has 0 aromatic carbocycles. The van der Waals surface area contributed by atoms with Gasteiger partial charge in [-0.2, -0.15) is 0 Å². The topological polar surface area (TPSA) is 54.5 Å². The predicted molar refractivity (Wildman–Crippen MR) is 75.7 cm³/mol. The third kappa shape index (κ3) is 3.71. The highest BCUT2D eigenvalue weighted by Crippen LogP contribution is 2.26. The summed E-state index contributed by atoms with van der Waals surface area (Å²) in [5, 5.41) is -0.181. The van der Waals surface area contributed by atoms with Crippen LogP contribution in [-0.4, -0.2) is 42.8 Å². The number of carbonyl (C=O) groups excluding carboxylic acids is 1. The molecule has 2 rings (SSSR count). The van der Waals surface area contributed by atoms with Gasteiger partial charge in [-0.3, -0.25) is 4.79 Å². The standard InChI is InChI=1S/C14H25NO3S/c1-12-6-4-5-10-15(12)14(16)9-11-19(17,18)13-7-2-3-8-13/h12-13H,2-11H2,1H3. The molecule has 1 amide bonds. The number of rotatable bonds is 4. The molecule has 0 N–H and O–H groups in total. The Morgan fingerprint density at radius 1 is 1.11 bits per heavy atom. The predicted octanol–water partition coefficient (Wildman–Crippen LogP) is 2.13. The zero-order valence-electron chi connectivity index (χ0n) is 11.8. The zero-order valence-corrected chi connectivity index (χ0v) is 12.6. The second-order valence-electron chi connectivity index (χ2n) is 5.96. The SMILES string of the molecule is CC1CCCCN1C(=O)CCS(=O)(=O)C1CCCC1. The molecule has 1 saturated carbocycles. The Bertz CT molecular complexity index is 412. The van der Waals surface area contributed by atoms with Gasteiger partial charge >= 0.3 is 0 Å². The maximum Gasteiger partial charge on any atom is 0.223 e. The fraction of sp³-hybridized carbons (Fsp3) is 0.929. The van der Waals surface area contributed by atoms with E-state index in [1.807, 2.05) is 4.90 Å². The van der Waals surface area contributed by atoms with Crippen LogP contribution in [0.5, 0.6) is 0 Å². The van der Waals surface area contributed by atoms with Crippen LogP contribution in [0.3, 0.4) is 0 Å². The minimum Gasteiger partial charge on any atom is -0.340 e. The van der Waals surface area contributed by atoms with Gasteiger partial charge in [-0.25, -0.2) is 8.42 Å². The lowest BCUT2D eigenvalue weighted by Crippen LogP contribution is -2.42. The van der Waals surface area contributed by atoms with Crippen LogP contribution in [0.1, 0.15) is 58.3 Å². The molecule has 0 bridgehead atoms. The number of amides is 1. The molecular weight excluding hydrogens is 262 g/mol. The maximum absolute atomic E-state index is 12.1. The first kappa shape index (κ1) is 14.8. The Morgan fingerprint density at radius 2 is 1.74 bits per heavy atom. The van der Waals surface area contributed by atoms with Gasteiger partial charge in [0.15, 0.2) is 9.84 Å². The van der Waals surface area contributed by atoms with Crippen LogP contribution in [0.15, 0.2) is 0 Å². The van der Waals surface area contributed by atoms with Crippen LogP contribution in [0.4, 0.5) is 0 Å². The molecule has 1 aliphatic carbocycles. The van der Waals surface area contributed by atoms with Crippen molar-refractivity contribution in [2.24, 2.45) is 0 Å². The summed E-state index contributed by atoms with van der Waals surface area (Å²) >= 11 is 0. The third-order valence-electron chi connectivity index (χ3n) is 4.53. The van der Waals surface area contributed by atoms with Gasteiger partial charge in [-0.15, -0.1) is 0 Å². The van der Waals surface area contributed by atoms with Gasteiger partial charge < -0.3 is 4.90 Å². The Morgan fingerprint density at radius 3 is 2.37 bits per heavy atom. The van der Waals surface area contributed by atoms with E-state index < -0.39 is 9.84 Å². The number of likely N-dealkylation sites (tertiary alicyclic amines) is 1. The molecule has 0 radical (unpaired) electrons. The maximum atomic E-state index is 12.1. The number of nitrogens with zero attached hydrogens (tertiary/aromatic N) is 1. The molecule has 0 aromatic heterocycles. The molecule has 5 heteroatoms. The van der Waals surface area contributed by atoms with E-state index in [0.717, 1.165) is 45.1 Å². The minimum atomic E-state index is -3.06. The molecule has 1 unspecified atom stereocenters. The van der Waals surface area contributed by atoms with E-state index in [1.54, 1.807) is 0 Å². The zero-order chi connectivity index (χ0) is 13.9. The first-order valence-electron chi connectivity index (χ1n) is 7.52. The monoisotopic (exact) mass is 287 g/mol. The van der Waals surface area contributed by atoms with Crippen molar-refractivity contribution >= 4 is 15.7 Å². The summed E-state index contributed by atoms with van der Waals surface area (Å²) in [4.78, 5) is 14.0. The quantitative estimate of drug-likeness (QED) is 0.796. The van der Waals surface area contributed by atoms with Crippen LogP contribution < -0.4 is 0 Å². The molecule has 110 valence electrons. The molecule has 2 fully saturated rings. The number of hydrogen-bond acceptors (Lipinski definition) is 3. The van der Waals surface area contributed by atoms with Gasteiger partial charge in [0.05, 0.1) is 11.0 Å². The van der Waals surface area contributed by atoms with Gasteiger partial charge in [0, 0.05) is 19.0 Å². The highest BCUT2D eigenvalue weighted by atomic mass is 32.2. The van der Waals surface area contributed by atoms with Crippen molar-refractivity contribution in [3.05, 3.63) is 0 Å². The van der Waals surface area contributed by atoms with Crippen molar-refractivity contribution in [1.29, 1.82) is 0 Å². The molecule has 0 aromatic rings. The Hall–Kier alpha value is -0.580. The fourth-order valence-corrected chi connectivity index (χ4v) is 5.10. The van der Waals surface area contributed by atoms with Gasteiger partial charge in [-0.1, -0.05) is 12.8 Å². The lowest BCUT2D eigenvalue weighted by Gasteiger charge is -2.33. The van der Waals surface area contributed by atoms with Crippen LogP contribution in [0, 0.1) is 0 Å². The Balaban J connectivity index is 1.85. The van der Waals surface area contributed by atoms with Crippen LogP contribution in [0.25, 0.3) is 0 Å². The van der Waals surface area contributed by atoms with Crippen molar-refractivity contribution < 1.29 is 13.2 Å². The van der Waals surface area contributed by atoms with Crippen molar-refractivity contribution in [3.8, 4) is 0 Å². The van der Waals surface area contributed by atoms with E-state index in [0.29, 0.717) is 0 Å². The lowest BCUT2D eigenvalue weighted by atomic mass is 10.0. The summed E-state index contributed by atoms with van der Waals surface area (Å²) in [6.07, 6.45) is 7.04. The second kappa shape index (κ2) is 6.25. The average Bonchev–Trinajstić information content (AvgIpc) is 2.91. The number of hydrogen-bond donors (Lipinski definition) is 0. The van der Waals surface area contributed by atoms with E-state index in [9.17, 15) is 13.2 Å². The van der Waals surface area contributed by atoms with E-state index in [1.165, 1.54) is 6.42 Å². The Labute approximate surface area is 116 Å². The number of carbonyl (C=O) groups is 1. The lowest BCUT2D eigenvalue weighted by molar-refractivity contribution is -0.133. The summed E-state index contributed by atoms with van der Waals surface area (Å²) in [6, 6.07) is 0.274. The van der Waals surface area contributed by atoms with Crippen LogP contribution in [0.2, 0.25) is 0 Å². The minimum absolute atomic E-state index is 0.0220. The molecule has 19 heavy (non-hydrogen) atoms. The summed E-state index contributed by atoms with van der Waals surface area (Å²) < 4.78 is 24.3. The molecule has 0 spiro atoms. The normalized spacial score (nSPS) is 25.7. The molecule has 4 nitrogen and oxygen atoms in total.